The Balaban J connectivity index is 1.71. The number of pyridine rings is 1. The minimum Gasteiger partial charge on any atom is -0.406 e. The van der Waals surface area contributed by atoms with Gasteiger partial charge in [0.25, 0.3) is 5.91 Å². The van der Waals surface area contributed by atoms with Gasteiger partial charge in [-0.15, -0.1) is 13.2 Å². The van der Waals surface area contributed by atoms with Crippen molar-refractivity contribution in [3.63, 3.8) is 0 Å². The minimum absolute atomic E-state index is 0.268. The van der Waals surface area contributed by atoms with Crippen molar-refractivity contribution in [2.75, 3.05) is 5.32 Å². The van der Waals surface area contributed by atoms with E-state index in [-0.39, 0.29) is 11.6 Å². The molecule has 1 aliphatic heterocycles. The molecule has 0 unspecified atom stereocenters. The van der Waals surface area contributed by atoms with Gasteiger partial charge in [0.1, 0.15) is 11.6 Å². The zero-order valence-electron chi connectivity index (χ0n) is 14.8. The number of ether oxygens (including phenoxy) is 1. The highest BCUT2D eigenvalue weighted by atomic mass is 19.4. The van der Waals surface area contributed by atoms with Gasteiger partial charge in [0, 0.05) is 17.5 Å². The van der Waals surface area contributed by atoms with Crippen LogP contribution >= 0.6 is 0 Å². The van der Waals surface area contributed by atoms with Crippen molar-refractivity contribution in [2.45, 2.75) is 6.36 Å². The summed E-state index contributed by atoms with van der Waals surface area (Å²) < 4.78 is 40.8. The van der Waals surface area contributed by atoms with Gasteiger partial charge in [0.15, 0.2) is 0 Å². The molecule has 0 saturated heterocycles. The van der Waals surface area contributed by atoms with Crippen LogP contribution in [0, 0.1) is 0 Å². The zero-order valence-corrected chi connectivity index (χ0v) is 14.8. The first kappa shape index (κ1) is 18.5. The number of benzene rings is 2. The summed E-state index contributed by atoms with van der Waals surface area (Å²) in [5.74, 6) is -0.525. The van der Waals surface area contributed by atoms with E-state index >= 15 is 0 Å². The molecule has 0 aliphatic carbocycles. The molecule has 2 heterocycles. The maximum absolute atomic E-state index is 12.3. The monoisotopic (exact) mass is 396 g/mol. The van der Waals surface area contributed by atoms with E-state index in [0.29, 0.717) is 22.5 Å². The minimum atomic E-state index is -4.76. The number of fused-ring (bicyclic) bond motifs is 1. The van der Waals surface area contributed by atoms with Gasteiger partial charge in [-0.3, -0.25) is 4.79 Å². The molecule has 1 amide bonds. The largest absolute Gasteiger partial charge is 0.573 e. The lowest BCUT2D eigenvalue weighted by Crippen LogP contribution is -2.18. The smallest absolute Gasteiger partial charge is 0.406 e. The maximum atomic E-state index is 12.3. The molecule has 29 heavy (non-hydrogen) atoms. The van der Waals surface area contributed by atoms with Gasteiger partial charge in [-0.2, -0.15) is 0 Å². The summed E-state index contributed by atoms with van der Waals surface area (Å²) in [6, 6.07) is 16.4. The van der Waals surface area contributed by atoms with Crippen LogP contribution in [0.2, 0.25) is 0 Å². The second-order valence-electron chi connectivity index (χ2n) is 6.13. The highest BCUT2D eigenvalue weighted by Crippen LogP contribution is 2.31. The number of aromatic nitrogens is 1. The number of nitrogens with zero attached hydrogens (tertiary/aromatic N) is 2. The number of carbonyl (C=O) groups is 1. The Kier molecular flexibility index (Phi) is 4.67. The fraction of sp³-hybridized carbons (Fsp3) is 0.0476. The van der Waals surface area contributed by atoms with Crippen molar-refractivity contribution in [1.29, 1.82) is 0 Å². The number of carbonyl (C=O) groups excluding carboxylic acids is 1. The lowest BCUT2D eigenvalue weighted by Gasteiger charge is -2.17. The second-order valence-corrected chi connectivity index (χ2v) is 6.13. The van der Waals surface area contributed by atoms with Crippen LogP contribution in [0.4, 0.5) is 24.7 Å². The first-order valence-corrected chi connectivity index (χ1v) is 8.54. The molecule has 1 aromatic heterocycles. The van der Waals surface area contributed by atoms with E-state index in [4.69, 9.17) is 0 Å². The molecule has 4 rings (SSSR count). The number of halogens is 3. The second kappa shape index (κ2) is 7.31. The molecule has 3 aromatic rings. The topological polar surface area (TPSA) is 65.3 Å². The first-order valence-electron chi connectivity index (χ1n) is 8.54. The van der Waals surface area contributed by atoms with Crippen LogP contribution in [0.1, 0.15) is 15.9 Å². The van der Waals surface area contributed by atoms with Crippen molar-refractivity contribution >= 4 is 23.5 Å². The summed E-state index contributed by atoms with van der Waals surface area (Å²) in [6.07, 6.45) is -1.64. The Morgan fingerprint density at radius 1 is 0.966 bits per heavy atom. The number of hydrogen-bond acceptors (Lipinski definition) is 4. The summed E-state index contributed by atoms with van der Waals surface area (Å²) in [5, 5.41) is 6.79. The normalized spacial score (nSPS) is 12.9. The van der Waals surface area contributed by atoms with Gasteiger partial charge in [-0.05, 0) is 42.0 Å². The lowest BCUT2D eigenvalue weighted by atomic mass is 10.0. The first-order chi connectivity index (χ1) is 13.9. The van der Waals surface area contributed by atoms with Crippen LogP contribution < -0.4 is 15.4 Å². The predicted molar refractivity (Wildman–Crippen MR) is 102 cm³/mol. The summed E-state index contributed by atoms with van der Waals surface area (Å²) in [4.78, 5) is 16.9. The summed E-state index contributed by atoms with van der Waals surface area (Å²) in [6.45, 7) is 0. The molecule has 1 N–H and O–H groups in total. The van der Waals surface area contributed by atoms with Gasteiger partial charge in [0.05, 0.1) is 11.3 Å². The fourth-order valence-electron chi connectivity index (χ4n) is 2.89. The number of hydrogen-bond donors (Lipinski definition) is 1. The van der Waals surface area contributed by atoms with Gasteiger partial charge < -0.3 is 10.1 Å². The molecule has 145 valence electrons. The van der Waals surface area contributed by atoms with Gasteiger partial charge >= 0.3 is 6.36 Å². The third-order valence-electron chi connectivity index (χ3n) is 4.13. The Bertz CT molecular complexity index is 1080. The van der Waals surface area contributed by atoms with Crippen LogP contribution in [0.3, 0.4) is 0 Å². The van der Waals surface area contributed by atoms with Crippen LogP contribution in [0.25, 0.3) is 17.3 Å². The Morgan fingerprint density at radius 2 is 1.69 bits per heavy atom. The van der Waals surface area contributed by atoms with Crippen molar-refractivity contribution in [3.8, 4) is 17.0 Å². The number of amides is 1. The zero-order chi connectivity index (χ0) is 20.4. The number of rotatable bonds is 4. The molecule has 5 nitrogen and oxygen atoms in total. The molecular weight excluding hydrogens is 383 g/mol. The van der Waals surface area contributed by atoms with Crippen LogP contribution in [-0.2, 0) is 0 Å². The van der Waals surface area contributed by atoms with E-state index in [9.17, 15) is 18.0 Å². The molecule has 1 aliphatic rings. The Labute approximate surface area is 163 Å². The fourth-order valence-corrected chi connectivity index (χ4v) is 2.89. The molecule has 0 atom stereocenters. The van der Waals surface area contributed by atoms with Crippen LogP contribution in [0.15, 0.2) is 66.9 Å². The average molecular weight is 396 g/mol. The van der Waals surface area contributed by atoms with Crippen molar-refractivity contribution in [3.05, 3.63) is 78.0 Å². The van der Waals surface area contributed by atoms with E-state index < -0.39 is 12.3 Å². The number of alkyl halides is 3. The van der Waals surface area contributed by atoms with E-state index in [1.54, 1.807) is 12.1 Å². The highest BCUT2D eigenvalue weighted by Gasteiger charge is 2.31. The van der Waals surface area contributed by atoms with Crippen molar-refractivity contribution in [2.24, 2.45) is 0 Å². The van der Waals surface area contributed by atoms with Crippen LogP contribution in [-0.4, -0.2) is 17.3 Å². The van der Waals surface area contributed by atoms with Gasteiger partial charge in [0.2, 0.25) is 0 Å². The quantitative estimate of drug-likeness (QED) is 0.665. The van der Waals surface area contributed by atoms with Crippen LogP contribution in [0.5, 0.6) is 5.75 Å². The highest BCUT2D eigenvalue weighted by molar-refractivity contribution is 6.05. The van der Waals surface area contributed by atoms with E-state index in [1.165, 1.54) is 30.5 Å². The molecule has 1 radical (unpaired) electrons. The SMILES string of the molecule is O=C1[N]C=Cc2cc(-c3ccccc3)nc(Nc3ccc(OC(F)(F)F)cc3)c21. The predicted octanol–water partition coefficient (Wildman–Crippen LogP) is 5.12. The van der Waals surface area contributed by atoms with Crippen molar-refractivity contribution < 1.29 is 22.7 Å². The van der Waals surface area contributed by atoms with Crippen molar-refractivity contribution in [1.82, 2.24) is 10.3 Å². The van der Waals surface area contributed by atoms with E-state index in [2.05, 4.69) is 20.4 Å². The summed E-state index contributed by atoms with van der Waals surface area (Å²) >= 11 is 0. The lowest BCUT2D eigenvalue weighted by molar-refractivity contribution is -0.274. The molecular formula is C21H13F3N3O2. The van der Waals surface area contributed by atoms with Gasteiger partial charge in [-0.25, -0.2) is 10.3 Å². The molecule has 0 spiro atoms. The third-order valence-corrected chi connectivity index (χ3v) is 4.13. The Hall–Kier alpha value is -3.81. The summed E-state index contributed by atoms with van der Waals surface area (Å²) in [5.41, 5.74) is 2.89. The molecule has 8 heteroatoms. The maximum Gasteiger partial charge on any atom is 0.573 e. The third kappa shape index (κ3) is 4.21. The molecule has 0 fully saturated rings. The average Bonchev–Trinajstić information content (AvgIpc) is 2.69. The number of anilines is 2. The van der Waals surface area contributed by atoms with E-state index in [1.807, 2.05) is 30.3 Å². The van der Waals surface area contributed by atoms with E-state index in [0.717, 1.165) is 5.56 Å². The molecule has 2 aromatic carbocycles. The summed E-state index contributed by atoms with van der Waals surface area (Å²) in [7, 11) is 0. The number of nitrogens with one attached hydrogen (secondary N) is 1. The molecule has 0 saturated carbocycles. The molecule has 0 bridgehead atoms. The Morgan fingerprint density at radius 3 is 2.38 bits per heavy atom. The standard InChI is InChI=1S/C21H13F3N3O2/c22-21(23,24)29-16-8-6-15(7-9-16)26-19-18-14(10-11-25-20(18)28)12-17(27-19)13-4-2-1-3-5-13/h1-12H,(H,26,27). The van der Waals surface area contributed by atoms with Gasteiger partial charge in [-0.1, -0.05) is 30.3 Å².